The van der Waals surface area contributed by atoms with E-state index in [0.717, 1.165) is 0 Å². The quantitative estimate of drug-likeness (QED) is 0.861. The Balaban J connectivity index is 2.84. The van der Waals surface area contributed by atoms with E-state index in [0.29, 0.717) is 15.6 Å². The Morgan fingerprint density at radius 3 is 2.53 bits per heavy atom. The van der Waals surface area contributed by atoms with Gasteiger partial charge in [0.25, 0.3) is 0 Å². The Morgan fingerprint density at radius 2 is 2.00 bits per heavy atom. The van der Waals surface area contributed by atoms with Crippen molar-refractivity contribution < 1.29 is 14.6 Å². The highest BCUT2D eigenvalue weighted by Gasteiger charge is 2.23. The lowest BCUT2D eigenvalue weighted by Crippen LogP contribution is -2.25. The van der Waals surface area contributed by atoms with E-state index in [1.807, 2.05) is 0 Å². The van der Waals surface area contributed by atoms with E-state index in [-0.39, 0.29) is 19.0 Å². The minimum atomic E-state index is -0.546. The Morgan fingerprint density at radius 1 is 1.37 bits per heavy atom. The molecule has 0 fully saturated rings. The molecule has 0 spiro atoms. The van der Waals surface area contributed by atoms with Crippen molar-refractivity contribution in [1.82, 2.24) is 0 Å². The van der Waals surface area contributed by atoms with Crippen molar-refractivity contribution in [2.75, 3.05) is 6.61 Å². The molecule has 5 heteroatoms. The highest BCUT2D eigenvalue weighted by molar-refractivity contribution is 6.42. The van der Waals surface area contributed by atoms with Gasteiger partial charge >= 0.3 is 5.97 Å². The number of benzene rings is 1. The largest absolute Gasteiger partial charge is 0.460 e. The summed E-state index contributed by atoms with van der Waals surface area (Å²) in [5.41, 5.74) is 0.109. The molecule has 1 N–H and O–H groups in total. The zero-order valence-electron chi connectivity index (χ0n) is 11.2. The van der Waals surface area contributed by atoms with Crippen molar-refractivity contribution in [2.45, 2.75) is 38.7 Å². The number of hydrogen-bond donors (Lipinski definition) is 1. The van der Waals surface area contributed by atoms with E-state index in [9.17, 15) is 9.90 Å². The van der Waals surface area contributed by atoms with Gasteiger partial charge in [0.2, 0.25) is 0 Å². The average molecular weight is 305 g/mol. The molecule has 19 heavy (non-hydrogen) atoms. The smallest absolute Gasteiger partial charge is 0.307 e. The van der Waals surface area contributed by atoms with Gasteiger partial charge in [-0.2, -0.15) is 0 Å². The molecule has 1 unspecified atom stereocenters. The second-order valence-corrected chi connectivity index (χ2v) is 6.10. The topological polar surface area (TPSA) is 46.5 Å². The van der Waals surface area contributed by atoms with Crippen molar-refractivity contribution in [1.29, 1.82) is 0 Å². The standard InChI is InChI=1S/C14H18Cl2O3/c1-14(2,3)19-12(18)7-9(8-17)10-5-4-6-11(15)13(10)16/h4-6,9,17H,7-8H2,1-3H3. The molecule has 1 atom stereocenters. The third-order valence-corrected chi connectivity index (χ3v) is 3.31. The van der Waals surface area contributed by atoms with Gasteiger partial charge in [0.05, 0.1) is 23.1 Å². The Hall–Kier alpha value is -0.770. The summed E-state index contributed by atoms with van der Waals surface area (Å²) in [5, 5.41) is 10.2. The van der Waals surface area contributed by atoms with Crippen LogP contribution in [0.15, 0.2) is 18.2 Å². The summed E-state index contributed by atoms with van der Waals surface area (Å²) in [7, 11) is 0. The molecule has 0 aliphatic heterocycles. The van der Waals surface area contributed by atoms with Crippen molar-refractivity contribution in [3.63, 3.8) is 0 Å². The first-order valence-corrected chi connectivity index (χ1v) is 6.77. The molecular formula is C14H18Cl2O3. The van der Waals surface area contributed by atoms with Gasteiger partial charge in [-0.05, 0) is 32.4 Å². The van der Waals surface area contributed by atoms with Gasteiger partial charge < -0.3 is 9.84 Å². The molecule has 0 aliphatic rings. The van der Waals surface area contributed by atoms with Crippen LogP contribution in [0, 0.1) is 0 Å². The fourth-order valence-electron chi connectivity index (χ4n) is 1.69. The summed E-state index contributed by atoms with van der Waals surface area (Å²) >= 11 is 12.0. The first-order valence-electron chi connectivity index (χ1n) is 6.01. The lowest BCUT2D eigenvalue weighted by Gasteiger charge is -2.22. The summed E-state index contributed by atoms with van der Waals surface area (Å²) in [5.74, 6) is -0.788. The maximum atomic E-state index is 11.8. The molecule has 1 aromatic carbocycles. The second-order valence-electron chi connectivity index (χ2n) is 5.31. The number of hydrogen-bond acceptors (Lipinski definition) is 3. The first-order chi connectivity index (χ1) is 8.74. The van der Waals surface area contributed by atoms with Crippen molar-refractivity contribution in [3.05, 3.63) is 33.8 Å². The van der Waals surface area contributed by atoms with Gasteiger partial charge in [-0.25, -0.2) is 0 Å². The normalized spacial score (nSPS) is 13.2. The second kappa shape index (κ2) is 6.60. The van der Waals surface area contributed by atoms with Crippen LogP contribution in [0.25, 0.3) is 0 Å². The molecule has 0 saturated heterocycles. The average Bonchev–Trinajstić information content (AvgIpc) is 2.27. The van der Waals surface area contributed by atoms with Crippen LogP contribution < -0.4 is 0 Å². The fraction of sp³-hybridized carbons (Fsp3) is 0.500. The van der Waals surface area contributed by atoms with E-state index in [1.165, 1.54) is 0 Å². The minimum Gasteiger partial charge on any atom is -0.460 e. The lowest BCUT2D eigenvalue weighted by atomic mass is 9.96. The van der Waals surface area contributed by atoms with Gasteiger partial charge in [0.15, 0.2) is 0 Å². The van der Waals surface area contributed by atoms with Crippen LogP contribution >= 0.6 is 23.2 Å². The van der Waals surface area contributed by atoms with Crippen molar-refractivity contribution >= 4 is 29.2 Å². The molecule has 0 aromatic heterocycles. The number of esters is 1. The van der Waals surface area contributed by atoms with E-state index in [4.69, 9.17) is 27.9 Å². The van der Waals surface area contributed by atoms with Gasteiger partial charge in [-0.15, -0.1) is 0 Å². The third-order valence-electron chi connectivity index (χ3n) is 2.47. The number of carbonyl (C=O) groups excluding carboxylic acids is 1. The van der Waals surface area contributed by atoms with Crippen LogP contribution in [0.2, 0.25) is 10.0 Å². The lowest BCUT2D eigenvalue weighted by molar-refractivity contribution is -0.155. The van der Waals surface area contributed by atoms with Crippen molar-refractivity contribution in [3.8, 4) is 0 Å². The van der Waals surface area contributed by atoms with E-state index >= 15 is 0 Å². The molecule has 1 rings (SSSR count). The number of carbonyl (C=O) groups is 1. The minimum absolute atomic E-state index is 0.0633. The van der Waals surface area contributed by atoms with Crippen LogP contribution in [-0.2, 0) is 9.53 Å². The zero-order valence-corrected chi connectivity index (χ0v) is 12.8. The molecule has 0 saturated carbocycles. The number of aliphatic hydroxyl groups is 1. The van der Waals surface area contributed by atoms with E-state index in [2.05, 4.69) is 0 Å². The summed E-state index contributed by atoms with van der Waals surface area (Å²) < 4.78 is 5.24. The monoisotopic (exact) mass is 304 g/mol. The molecule has 1 aromatic rings. The molecule has 0 aliphatic carbocycles. The van der Waals surface area contributed by atoms with Crippen molar-refractivity contribution in [2.24, 2.45) is 0 Å². The number of halogens is 2. The summed E-state index contributed by atoms with van der Waals surface area (Å²) in [6.45, 7) is 5.20. The molecule has 0 amide bonds. The molecule has 3 nitrogen and oxygen atoms in total. The van der Waals surface area contributed by atoms with Crippen LogP contribution in [0.4, 0.5) is 0 Å². The van der Waals surface area contributed by atoms with Crippen LogP contribution in [0.3, 0.4) is 0 Å². The summed E-state index contributed by atoms with van der Waals surface area (Å²) in [6, 6.07) is 5.15. The van der Waals surface area contributed by atoms with E-state index in [1.54, 1.807) is 39.0 Å². The van der Waals surface area contributed by atoms with Crippen LogP contribution in [0.5, 0.6) is 0 Å². The zero-order chi connectivity index (χ0) is 14.6. The summed E-state index contributed by atoms with van der Waals surface area (Å²) in [6.07, 6.45) is 0.0633. The predicted molar refractivity (Wildman–Crippen MR) is 76.8 cm³/mol. The predicted octanol–water partition coefficient (Wildman–Crippen LogP) is 3.80. The number of rotatable bonds is 4. The number of aliphatic hydroxyl groups excluding tert-OH is 1. The van der Waals surface area contributed by atoms with Crippen LogP contribution in [-0.4, -0.2) is 23.3 Å². The van der Waals surface area contributed by atoms with Gasteiger partial charge in [-0.1, -0.05) is 35.3 Å². The maximum absolute atomic E-state index is 11.8. The molecule has 0 bridgehead atoms. The summed E-state index contributed by atoms with van der Waals surface area (Å²) in [4.78, 5) is 11.8. The highest BCUT2D eigenvalue weighted by Crippen LogP contribution is 2.32. The van der Waals surface area contributed by atoms with Gasteiger partial charge in [-0.3, -0.25) is 4.79 Å². The Labute approximate surface area is 123 Å². The Bertz CT molecular complexity index is 452. The molecule has 0 heterocycles. The SMILES string of the molecule is CC(C)(C)OC(=O)CC(CO)c1cccc(Cl)c1Cl. The highest BCUT2D eigenvalue weighted by atomic mass is 35.5. The fourth-order valence-corrected chi connectivity index (χ4v) is 2.16. The molecule has 0 radical (unpaired) electrons. The molecular weight excluding hydrogens is 287 g/mol. The maximum Gasteiger partial charge on any atom is 0.307 e. The third kappa shape index (κ3) is 5.01. The number of ether oxygens (including phenoxy) is 1. The van der Waals surface area contributed by atoms with E-state index < -0.39 is 11.5 Å². The first kappa shape index (κ1) is 16.3. The molecule has 106 valence electrons. The van der Waals surface area contributed by atoms with Crippen LogP contribution in [0.1, 0.15) is 38.7 Å². The van der Waals surface area contributed by atoms with Gasteiger partial charge in [0, 0.05) is 5.92 Å². The Kier molecular flexibility index (Phi) is 5.65. The van der Waals surface area contributed by atoms with Gasteiger partial charge in [0.1, 0.15) is 5.60 Å².